The second kappa shape index (κ2) is 10.7. The number of anilines is 1. The van der Waals surface area contributed by atoms with Gasteiger partial charge in [0.05, 0.1) is 29.4 Å². The minimum absolute atomic E-state index is 0.445. The molecule has 0 unspecified atom stereocenters. The Bertz CT molecular complexity index is 1210. The van der Waals surface area contributed by atoms with Crippen molar-refractivity contribution in [3.05, 3.63) is 60.2 Å². The Hall–Kier alpha value is -2.33. The Balaban J connectivity index is 1.18. The third-order valence-electron chi connectivity index (χ3n) is 8.26. The topological polar surface area (TPSA) is 78.1 Å². The molecule has 0 spiro atoms. The summed E-state index contributed by atoms with van der Waals surface area (Å²) in [5.41, 5.74) is 9.90. The predicted octanol–water partition coefficient (Wildman–Crippen LogP) is 3.63. The van der Waals surface area contributed by atoms with Crippen LogP contribution in [0.4, 0.5) is 5.13 Å². The molecule has 3 aromatic rings. The highest BCUT2D eigenvalue weighted by atomic mass is 32.1. The zero-order valence-electron chi connectivity index (χ0n) is 22.3. The maximum absolute atomic E-state index is 10.2. The van der Waals surface area contributed by atoms with Crippen molar-refractivity contribution in [2.75, 3.05) is 70.5 Å². The highest BCUT2D eigenvalue weighted by Crippen LogP contribution is 2.47. The molecule has 3 heterocycles. The molecule has 202 valence electrons. The van der Waals surface area contributed by atoms with Crippen LogP contribution >= 0.6 is 11.3 Å². The van der Waals surface area contributed by atoms with Crippen molar-refractivity contribution >= 4 is 16.5 Å². The summed E-state index contributed by atoms with van der Waals surface area (Å²) in [6.45, 7) is 12.1. The highest BCUT2D eigenvalue weighted by Gasteiger charge is 2.49. The highest BCUT2D eigenvalue weighted by molar-refractivity contribution is 7.19. The van der Waals surface area contributed by atoms with E-state index < -0.39 is 11.1 Å². The van der Waals surface area contributed by atoms with E-state index in [4.69, 9.17) is 15.5 Å². The molecule has 6 rings (SSSR count). The number of rotatable bonds is 7. The average molecular weight is 534 g/mol. The third kappa shape index (κ3) is 5.52. The van der Waals surface area contributed by atoms with Gasteiger partial charge in [-0.2, -0.15) is 0 Å². The van der Waals surface area contributed by atoms with Crippen molar-refractivity contribution in [1.82, 2.24) is 14.8 Å². The molecular formula is C30H39N5O2S. The molecule has 7 nitrogen and oxygen atoms in total. The molecule has 1 saturated carbocycles. The van der Waals surface area contributed by atoms with Gasteiger partial charge in [0.2, 0.25) is 0 Å². The van der Waals surface area contributed by atoms with Crippen LogP contribution in [-0.2, 0) is 10.3 Å². The largest absolute Gasteiger partial charge is 0.390 e. The standard InChI is InChI=1S/C30H39N5O2S/c1-29(36)21-30(31,22-29)25-9-7-23(8-10-25)26-27(24-5-3-2-4-6-24)38-28(32-26)35-15-13-33(14-16-35)11-12-34-17-19-37-20-18-34/h2-10,36H,11-22,31H2,1H3/t29-,30-. The fourth-order valence-electron chi connectivity index (χ4n) is 6.17. The van der Waals surface area contributed by atoms with Gasteiger partial charge in [-0.25, -0.2) is 4.98 Å². The lowest BCUT2D eigenvalue weighted by atomic mass is 9.63. The van der Waals surface area contributed by atoms with Crippen LogP contribution in [0, 0.1) is 0 Å². The van der Waals surface area contributed by atoms with Crippen molar-refractivity contribution in [1.29, 1.82) is 0 Å². The molecule has 2 aliphatic heterocycles. The van der Waals surface area contributed by atoms with Gasteiger partial charge in [-0.15, -0.1) is 0 Å². The summed E-state index contributed by atoms with van der Waals surface area (Å²) in [4.78, 5) is 14.0. The summed E-state index contributed by atoms with van der Waals surface area (Å²) >= 11 is 1.79. The number of hydrogen-bond donors (Lipinski definition) is 2. The van der Waals surface area contributed by atoms with Gasteiger partial charge < -0.3 is 20.5 Å². The van der Waals surface area contributed by atoms with Crippen molar-refractivity contribution in [3.8, 4) is 21.7 Å². The molecule has 3 fully saturated rings. The molecule has 2 saturated heterocycles. The smallest absolute Gasteiger partial charge is 0.186 e. The number of aromatic nitrogens is 1. The van der Waals surface area contributed by atoms with Gasteiger partial charge >= 0.3 is 0 Å². The molecule has 3 N–H and O–H groups in total. The number of thiazole rings is 1. The summed E-state index contributed by atoms with van der Waals surface area (Å²) in [6.07, 6.45) is 1.18. The number of hydrogen-bond acceptors (Lipinski definition) is 8. The summed E-state index contributed by atoms with van der Waals surface area (Å²) in [7, 11) is 0. The van der Waals surface area contributed by atoms with Crippen LogP contribution in [0.2, 0.25) is 0 Å². The van der Waals surface area contributed by atoms with Gasteiger partial charge in [-0.1, -0.05) is 65.9 Å². The Kier molecular flexibility index (Phi) is 7.28. The Labute approximate surface area is 229 Å². The maximum Gasteiger partial charge on any atom is 0.186 e. The minimum Gasteiger partial charge on any atom is -0.390 e. The van der Waals surface area contributed by atoms with E-state index in [9.17, 15) is 5.11 Å². The number of nitrogens with two attached hydrogens (primary N) is 1. The minimum atomic E-state index is -0.662. The van der Waals surface area contributed by atoms with Gasteiger partial charge in [-0.3, -0.25) is 9.80 Å². The Morgan fingerprint density at radius 1 is 0.868 bits per heavy atom. The maximum atomic E-state index is 10.2. The Morgan fingerprint density at radius 2 is 1.50 bits per heavy atom. The fraction of sp³-hybridized carbons (Fsp3) is 0.500. The van der Waals surface area contributed by atoms with Crippen LogP contribution in [0.3, 0.4) is 0 Å². The van der Waals surface area contributed by atoms with Crippen LogP contribution in [0.1, 0.15) is 25.3 Å². The van der Waals surface area contributed by atoms with Crippen LogP contribution in [0.25, 0.3) is 21.7 Å². The van der Waals surface area contributed by atoms with Gasteiger partial charge in [0.25, 0.3) is 0 Å². The number of ether oxygens (including phenoxy) is 1. The monoisotopic (exact) mass is 533 g/mol. The molecule has 3 aliphatic rings. The predicted molar refractivity (Wildman–Crippen MR) is 155 cm³/mol. The first kappa shape index (κ1) is 25.9. The zero-order chi connectivity index (χ0) is 26.2. The van der Waals surface area contributed by atoms with E-state index in [0.717, 1.165) is 87.5 Å². The number of aliphatic hydroxyl groups is 1. The lowest BCUT2D eigenvalue weighted by Crippen LogP contribution is -2.58. The summed E-state index contributed by atoms with van der Waals surface area (Å²) < 4.78 is 5.48. The number of nitrogens with zero attached hydrogens (tertiary/aromatic N) is 4. The van der Waals surface area contributed by atoms with E-state index in [1.165, 1.54) is 10.4 Å². The zero-order valence-corrected chi connectivity index (χ0v) is 23.1. The van der Waals surface area contributed by atoms with E-state index in [-0.39, 0.29) is 0 Å². The molecule has 0 radical (unpaired) electrons. The van der Waals surface area contributed by atoms with Crippen LogP contribution < -0.4 is 10.6 Å². The number of benzene rings is 2. The Morgan fingerprint density at radius 3 is 2.13 bits per heavy atom. The van der Waals surface area contributed by atoms with Crippen LogP contribution in [0.15, 0.2) is 54.6 Å². The SMILES string of the molecule is C[C@]1(O)C[C@@](N)(c2ccc(-c3nc(N4CCN(CCN5CCOCC5)CC4)sc3-c3ccccc3)cc2)C1. The van der Waals surface area contributed by atoms with E-state index in [0.29, 0.717) is 12.8 Å². The normalized spacial score (nSPS) is 26.9. The molecular weight excluding hydrogens is 494 g/mol. The van der Waals surface area contributed by atoms with E-state index in [2.05, 4.69) is 69.3 Å². The average Bonchev–Trinajstić information content (AvgIpc) is 3.38. The van der Waals surface area contributed by atoms with Crippen molar-refractivity contribution in [2.45, 2.75) is 30.9 Å². The molecule has 8 heteroatoms. The second-order valence-electron chi connectivity index (χ2n) is 11.4. The molecule has 1 aliphatic carbocycles. The van der Waals surface area contributed by atoms with Crippen molar-refractivity contribution in [2.24, 2.45) is 5.73 Å². The van der Waals surface area contributed by atoms with Crippen molar-refractivity contribution < 1.29 is 9.84 Å². The first-order chi connectivity index (χ1) is 18.4. The van der Waals surface area contributed by atoms with Gasteiger partial charge in [-0.05, 0) is 30.9 Å². The summed E-state index contributed by atoms with van der Waals surface area (Å²) in [5, 5.41) is 11.3. The molecule has 0 atom stereocenters. The van der Waals surface area contributed by atoms with Gasteiger partial charge in [0.1, 0.15) is 0 Å². The van der Waals surface area contributed by atoms with E-state index >= 15 is 0 Å². The lowest BCUT2D eigenvalue weighted by molar-refractivity contribution is -0.0738. The van der Waals surface area contributed by atoms with Crippen LogP contribution in [0.5, 0.6) is 0 Å². The van der Waals surface area contributed by atoms with E-state index in [1.54, 1.807) is 11.3 Å². The summed E-state index contributed by atoms with van der Waals surface area (Å²) in [5.74, 6) is 0. The molecule has 2 aromatic carbocycles. The van der Waals surface area contributed by atoms with Crippen molar-refractivity contribution in [3.63, 3.8) is 0 Å². The molecule has 38 heavy (non-hydrogen) atoms. The number of piperazine rings is 1. The second-order valence-corrected chi connectivity index (χ2v) is 12.4. The van der Waals surface area contributed by atoms with Crippen LogP contribution in [-0.4, -0.2) is 91.1 Å². The lowest BCUT2D eigenvalue weighted by Gasteiger charge is -2.49. The first-order valence-corrected chi connectivity index (χ1v) is 14.7. The van der Waals surface area contributed by atoms with Gasteiger partial charge in [0, 0.05) is 63.5 Å². The van der Waals surface area contributed by atoms with E-state index in [1.807, 2.05) is 6.92 Å². The quantitative estimate of drug-likeness (QED) is 0.480. The fourth-order valence-corrected chi connectivity index (χ4v) is 7.31. The third-order valence-corrected chi connectivity index (χ3v) is 9.42. The summed E-state index contributed by atoms with van der Waals surface area (Å²) in [6, 6.07) is 19.1. The number of morpholine rings is 1. The molecule has 0 amide bonds. The molecule has 0 bridgehead atoms. The molecule has 1 aromatic heterocycles. The van der Waals surface area contributed by atoms with Gasteiger partial charge in [0.15, 0.2) is 5.13 Å². The first-order valence-electron chi connectivity index (χ1n) is 13.8.